The van der Waals surface area contributed by atoms with Gasteiger partial charge in [0.2, 0.25) is 11.8 Å². The van der Waals surface area contributed by atoms with Crippen LogP contribution in [0.4, 0.5) is 11.4 Å². The Balaban J connectivity index is 1.80. The summed E-state index contributed by atoms with van der Waals surface area (Å²) in [6.45, 7) is 1.47. The molecule has 0 radical (unpaired) electrons. The number of hydrogen-bond acceptors (Lipinski definition) is 5. The van der Waals surface area contributed by atoms with Gasteiger partial charge >= 0.3 is 0 Å². The summed E-state index contributed by atoms with van der Waals surface area (Å²) < 4.78 is 0. The van der Waals surface area contributed by atoms with Gasteiger partial charge in [0.25, 0.3) is 0 Å². The second-order valence-corrected chi connectivity index (χ2v) is 6.83. The average molecular weight is 340 g/mol. The summed E-state index contributed by atoms with van der Waals surface area (Å²) in [5.74, 6) is -0.546. The molecular formula is C18H16N2O3S. The van der Waals surface area contributed by atoms with Crippen LogP contribution in [0.15, 0.2) is 53.4 Å². The first-order chi connectivity index (χ1) is 11.5. The van der Waals surface area contributed by atoms with Crippen molar-refractivity contribution in [3.63, 3.8) is 0 Å². The predicted octanol–water partition coefficient (Wildman–Crippen LogP) is 2.90. The van der Waals surface area contributed by atoms with Gasteiger partial charge in [-0.05, 0) is 49.4 Å². The zero-order chi connectivity index (χ0) is 17.3. The number of carbonyl (C=O) groups excluding carboxylic acids is 3. The number of carbonyl (C=O) groups is 3. The molecule has 1 saturated heterocycles. The van der Waals surface area contributed by atoms with E-state index in [1.807, 2.05) is 12.1 Å². The van der Waals surface area contributed by atoms with Gasteiger partial charge in [-0.3, -0.25) is 14.4 Å². The van der Waals surface area contributed by atoms with Crippen LogP contribution in [-0.4, -0.2) is 22.8 Å². The van der Waals surface area contributed by atoms with Crippen molar-refractivity contribution < 1.29 is 14.4 Å². The summed E-state index contributed by atoms with van der Waals surface area (Å²) in [6, 6.07) is 13.7. The highest BCUT2D eigenvalue weighted by molar-refractivity contribution is 8.00. The molecule has 3 rings (SSSR count). The smallest absolute Gasteiger partial charge is 0.247 e. The quantitative estimate of drug-likeness (QED) is 0.526. The number of nitrogens with zero attached hydrogens (tertiary/aromatic N) is 1. The number of ketones is 1. The van der Waals surface area contributed by atoms with Crippen molar-refractivity contribution in [3.05, 3.63) is 54.1 Å². The number of thioether (sulfide) groups is 1. The fourth-order valence-electron chi connectivity index (χ4n) is 2.56. The number of nitrogen functional groups attached to an aromatic ring is 1. The van der Waals surface area contributed by atoms with E-state index in [9.17, 15) is 14.4 Å². The van der Waals surface area contributed by atoms with Gasteiger partial charge in [-0.15, -0.1) is 11.8 Å². The van der Waals surface area contributed by atoms with Crippen LogP contribution in [0.1, 0.15) is 23.7 Å². The lowest BCUT2D eigenvalue weighted by atomic mass is 10.1. The third-order valence-electron chi connectivity index (χ3n) is 3.77. The van der Waals surface area contributed by atoms with Crippen LogP contribution in [0.2, 0.25) is 0 Å². The van der Waals surface area contributed by atoms with E-state index in [-0.39, 0.29) is 24.0 Å². The lowest BCUT2D eigenvalue weighted by Crippen LogP contribution is -2.31. The van der Waals surface area contributed by atoms with Gasteiger partial charge in [0, 0.05) is 22.6 Å². The molecule has 1 heterocycles. The lowest BCUT2D eigenvalue weighted by molar-refractivity contribution is -0.121. The van der Waals surface area contributed by atoms with Crippen LogP contribution in [-0.2, 0) is 9.59 Å². The van der Waals surface area contributed by atoms with E-state index in [1.165, 1.54) is 23.6 Å². The molecule has 0 aromatic heterocycles. The topological polar surface area (TPSA) is 80.5 Å². The summed E-state index contributed by atoms with van der Waals surface area (Å²) in [7, 11) is 0. The number of benzene rings is 2. The lowest BCUT2D eigenvalue weighted by Gasteiger charge is -2.15. The fourth-order valence-corrected chi connectivity index (χ4v) is 3.69. The minimum absolute atomic E-state index is 0.0595. The largest absolute Gasteiger partial charge is 0.399 e. The standard InChI is InChI=1S/C18H16N2O3S/c1-11(21)12-5-7-14(8-6-12)20-17(22)10-16(18(20)23)24-15-4-2-3-13(19)9-15/h2-9,16H,10,19H2,1H3. The monoisotopic (exact) mass is 340 g/mol. The second-order valence-electron chi connectivity index (χ2n) is 5.55. The van der Waals surface area contributed by atoms with E-state index in [1.54, 1.807) is 36.4 Å². The summed E-state index contributed by atoms with van der Waals surface area (Å²) in [5.41, 5.74) is 7.40. The number of nitrogens with two attached hydrogens (primary N) is 1. The molecule has 6 heteroatoms. The maximum absolute atomic E-state index is 12.6. The number of imide groups is 1. The van der Waals surface area contributed by atoms with Crippen LogP contribution in [0, 0.1) is 0 Å². The predicted molar refractivity (Wildman–Crippen MR) is 94.1 cm³/mol. The van der Waals surface area contributed by atoms with Crippen molar-refractivity contribution in [2.24, 2.45) is 0 Å². The van der Waals surface area contributed by atoms with Crippen LogP contribution in [0.3, 0.4) is 0 Å². The molecule has 24 heavy (non-hydrogen) atoms. The molecule has 0 bridgehead atoms. The van der Waals surface area contributed by atoms with E-state index < -0.39 is 5.25 Å². The Hall–Kier alpha value is -2.60. The first kappa shape index (κ1) is 16.3. The maximum Gasteiger partial charge on any atom is 0.247 e. The molecule has 5 nitrogen and oxygen atoms in total. The summed E-state index contributed by atoms with van der Waals surface area (Å²) in [4.78, 5) is 38.3. The first-order valence-electron chi connectivity index (χ1n) is 7.45. The minimum Gasteiger partial charge on any atom is -0.399 e. The number of hydrogen-bond donors (Lipinski definition) is 1. The van der Waals surface area contributed by atoms with Gasteiger partial charge in [-0.25, -0.2) is 4.90 Å². The zero-order valence-corrected chi connectivity index (χ0v) is 13.9. The molecule has 122 valence electrons. The van der Waals surface area contributed by atoms with Crippen LogP contribution < -0.4 is 10.6 Å². The van der Waals surface area contributed by atoms with E-state index in [0.717, 1.165) is 4.90 Å². The highest BCUT2D eigenvalue weighted by Crippen LogP contribution is 2.34. The molecule has 0 spiro atoms. The van der Waals surface area contributed by atoms with Crippen LogP contribution >= 0.6 is 11.8 Å². The number of Topliss-reactive ketones (excluding diaryl/α,β-unsaturated/α-hetero) is 1. The molecule has 2 amide bonds. The Morgan fingerprint density at radius 2 is 1.88 bits per heavy atom. The van der Waals surface area contributed by atoms with Gasteiger partial charge in [-0.1, -0.05) is 6.07 Å². The Morgan fingerprint density at radius 3 is 2.50 bits per heavy atom. The van der Waals surface area contributed by atoms with Gasteiger partial charge in [0.15, 0.2) is 5.78 Å². The van der Waals surface area contributed by atoms with Crippen molar-refractivity contribution in [1.82, 2.24) is 0 Å². The third-order valence-corrected chi connectivity index (χ3v) is 4.95. The van der Waals surface area contributed by atoms with E-state index in [2.05, 4.69) is 0 Å². The van der Waals surface area contributed by atoms with Crippen LogP contribution in [0.5, 0.6) is 0 Å². The van der Waals surface area contributed by atoms with Crippen molar-refractivity contribution in [2.45, 2.75) is 23.5 Å². The van der Waals surface area contributed by atoms with Crippen molar-refractivity contribution >= 4 is 40.7 Å². The molecule has 0 saturated carbocycles. The molecule has 2 aromatic rings. The maximum atomic E-state index is 12.6. The molecule has 1 aliphatic rings. The highest BCUT2D eigenvalue weighted by atomic mass is 32.2. The van der Waals surface area contributed by atoms with Crippen molar-refractivity contribution in [2.75, 3.05) is 10.6 Å². The zero-order valence-electron chi connectivity index (χ0n) is 13.1. The molecular weight excluding hydrogens is 324 g/mol. The SMILES string of the molecule is CC(=O)c1ccc(N2C(=O)CC(Sc3cccc(N)c3)C2=O)cc1. The molecule has 2 N–H and O–H groups in total. The number of anilines is 2. The van der Waals surface area contributed by atoms with Crippen molar-refractivity contribution in [1.29, 1.82) is 0 Å². The fraction of sp³-hybridized carbons (Fsp3) is 0.167. The van der Waals surface area contributed by atoms with Crippen molar-refractivity contribution in [3.8, 4) is 0 Å². The molecule has 2 aromatic carbocycles. The number of amides is 2. The van der Waals surface area contributed by atoms with E-state index in [4.69, 9.17) is 5.73 Å². The third kappa shape index (κ3) is 3.19. The summed E-state index contributed by atoms with van der Waals surface area (Å²) >= 11 is 1.34. The van der Waals surface area contributed by atoms with Gasteiger partial charge < -0.3 is 5.73 Å². The highest BCUT2D eigenvalue weighted by Gasteiger charge is 2.40. The molecule has 1 fully saturated rings. The first-order valence-corrected chi connectivity index (χ1v) is 8.33. The molecule has 1 unspecified atom stereocenters. The van der Waals surface area contributed by atoms with E-state index >= 15 is 0 Å². The van der Waals surface area contributed by atoms with Gasteiger partial charge in [0.05, 0.1) is 10.9 Å². The normalized spacial score (nSPS) is 17.4. The van der Waals surface area contributed by atoms with Gasteiger partial charge in [0.1, 0.15) is 0 Å². The Labute approximate surface area is 143 Å². The molecule has 1 aliphatic heterocycles. The summed E-state index contributed by atoms with van der Waals surface area (Å²) in [6.07, 6.45) is 0.146. The Bertz CT molecular complexity index is 817. The molecule has 1 atom stereocenters. The Morgan fingerprint density at radius 1 is 1.17 bits per heavy atom. The summed E-state index contributed by atoms with van der Waals surface area (Å²) in [5, 5.41) is -0.466. The second kappa shape index (κ2) is 6.49. The average Bonchev–Trinajstić information content (AvgIpc) is 2.81. The number of rotatable bonds is 4. The molecule has 0 aliphatic carbocycles. The minimum atomic E-state index is -0.466. The Kier molecular flexibility index (Phi) is 4.40. The van der Waals surface area contributed by atoms with E-state index in [0.29, 0.717) is 16.9 Å². The van der Waals surface area contributed by atoms with Gasteiger partial charge in [-0.2, -0.15) is 0 Å². The van der Waals surface area contributed by atoms with Crippen LogP contribution in [0.25, 0.3) is 0 Å².